The molecule has 13 atom stereocenters. The van der Waals surface area contributed by atoms with E-state index in [2.05, 4.69) is 20.8 Å². The van der Waals surface area contributed by atoms with Crippen molar-refractivity contribution < 1.29 is 39.9 Å². The van der Waals surface area contributed by atoms with Gasteiger partial charge in [-0.3, -0.25) is 9.59 Å². The van der Waals surface area contributed by atoms with Crippen molar-refractivity contribution in [3.05, 3.63) is 35.4 Å². The Morgan fingerprint density at radius 2 is 1.82 bits per heavy atom. The van der Waals surface area contributed by atoms with Gasteiger partial charge in [-0.1, -0.05) is 27.2 Å². The average molecular weight is 692 g/mol. The van der Waals surface area contributed by atoms with E-state index in [1.54, 1.807) is 23.1 Å². The molecule has 2 saturated heterocycles. The van der Waals surface area contributed by atoms with Crippen molar-refractivity contribution in [3.8, 4) is 5.75 Å². The maximum Gasteiger partial charge on any atom is 0.227 e. The van der Waals surface area contributed by atoms with E-state index in [-0.39, 0.29) is 59.2 Å². The van der Waals surface area contributed by atoms with Gasteiger partial charge in [-0.25, -0.2) is 0 Å². The molecular formula is C41H57NO8. The maximum atomic E-state index is 14.3. The van der Waals surface area contributed by atoms with Crippen LogP contribution in [0.1, 0.15) is 104 Å². The number of rotatable bonds is 8. The Morgan fingerprint density at radius 1 is 1.04 bits per heavy atom. The Labute approximate surface area is 296 Å². The predicted octanol–water partition coefficient (Wildman–Crippen LogP) is 4.84. The monoisotopic (exact) mass is 691 g/mol. The van der Waals surface area contributed by atoms with Crippen LogP contribution in [0.2, 0.25) is 0 Å². The molecule has 1 aromatic carbocycles. The third-order valence-electron chi connectivity index (χ3n) is 15.5. The van der Waals surface area contributed by atoms with Crippen molar-refractivity contribution in [3.63, 3.8) is 0 Å². The number of benzene rings is 1. The molecule has 9 heteroatoms. The molecule has 7 aliphatic rings. The normalized spacial score (nSPS) is 43.9. The second kappa shape index (κ2) is 11.9. The smallest absolute Gasteiger partial charge is 0.227 e. The first-order chi connectivity index (χ1) is 23.6. The number of ether oxygens (including phenoxy) is 1. The summed E-state index contributed by atoms with van der Waals surface area (Å²) in [6.45, 7) is 9.02. The summed E-state index contributed by atoms with van der Waals surface area (Å²) in [7, 11) is 0. The third-order valence-corrected chi connectivity index (χ3v) is 15.5. The number of aromatic hydroxyl groups is 1. The van der Waals surface area contributed by atoms with Gasteiger partial charge in [0.25, 0.3) is 0 Å². The molecule has 9 nitrogen and oxygen atoms in total. The molecule has 1 aromatic rings. The van der Waals surface area contributed by atoms with Crippen LogP contribution in [0.4, 0.5) is 5.69 Å². The van der Waals surface area contributed by atoms with Crippen LogP contribution in [-0.4, -0.2) is 79.4 Å². The van der Waals surface area contributed by atoms with Crippen molar-refractivity contribution in [1.29, 1.82) is 0 Å². The number of hydrogen-bond donors (Lipinski definition) is 5. The minimum atomic E-state index is -1.35. The number of amides is 1. The molecule has 8 rings (SSSR count). The molecule has 0 aromatic heterocycles. The van der Waals surface area contributed by atoms with E-state index >= 15 is 0 Å². The van der Waals surface area contributed by atoms with Gasteiger partial charge in [0.15, 0.2) is 5.78 Å². The summed E-state index contributed by atoms with van der Waals surface area (Å²) in [6.07, 6.45) is 6.95. The summed E-state index contributed by atoms with van der Waals surface area (Å²) >= 11 is 0. The molecule has 0 spiro atoms. The number of epoxide rings is 1. The Hall–Kier alpha value is -2.30. The number of carbonyl (C=O) groups is 2. The van der Waals surface area contributed by atoms with Crippen molar-refractivity contribution in [2.45, 2.75) is 140 Å². The highest BCUT2D eigenvalue weighted by Crippen LogP contribution is 2.72. The van der Waals surface area contributed by atoms with Crippen molar-refractivity contribution in [2.75, 3.05) is 11.4 Å². The molecule has 2 bridgehead atoms. The van der Waals surface area contributed by atoms with Gasteiger partial charge in [-0.05, 0) is 135 Å². The fourth-order valence-corrected chi connectivity index (χ4v) is 12.9. The third kappa shape index (κ3) is 4.89. The van der Waals surface area contributed by atoms with Crippen LogP contribution in [-0.2, 0) is 20.7 Å². The lowest BCUT2D eigenvalue weighted by molar-refractivity contribution is -0.194. The van der Waals surface area contributed by atoms with Gasteiger partial charge in [0, 0.05) is 36.1 Å². The van der Waals surface area contributed by atoms with Gasteiger partial charge in [0.1, 0.15) is 11.9 Å². The van der Waals surface area contributed by atoms with Crippen molar-refractivity contribution >= 4 is 17.4 Å². The molecule has 5 aliphatic carbocycles. The molecule has 1 amide bonds. The number of aryl methyl sites for hydroxylation is 1. The lowest BCUT2D eigenvalue weighted by Crippen LogP contribution is -2.66. The number of phenolic OH excluding ortho intramolecular Hbond substituents is 1. The Balaban J connectivity index is 1.19. The highest BCUT2D eigenvalue weighted by molar-refractivity contribution is 5.96. The summed E-state index contributed by atoms with van der Waals surface area (Å²) in [5.41, 5.74) is -1.53. The highest BCUT2D eigenvalue weighted by Gasteiger charge is 2.73. The molecule has 274 valence electrons. The lowest BCUT2D eigenvalue weighted by Gasteiger charge is -2.65. The molecule has 0 unspecified atom stereocenters. The summed E-state index contributed by atoms with van der Waals surface area (Å²) < 4.78 is 6.28. The molecule has 2 aliphatic heterocycles. The van der Waals surface area contributed by atoms with Crippen molar-refractivity contribution in [2.24, 2.45) is 46.3 Å². The molecule has 4 saturated carbocycles. The predicted molar refractivity (Wildman–Crippen MR) is 187 cm³/mol. The Kier molecular flexibility index (Phi) is 8.24. The van der Waals surface area contributed by atoms with Crippen LogP contribution in [0.3, 0.4) is 0 Å². The van der Waals surface area contributed by atoms with Crippen LogP contribution in [0, 0.1) is 46.3 Å². The number of allylic oxidation sites excluding steroid dienone is 1. The quantitative estimate of drug-likeness (QED) is 0.243. The molecule has 2 heterocycles. The minimum Gasteiger partial charge on any atom is -0.508 e. The number of aliphatic hydroxyl groups is 4. The number of nitrogens with zero attached hydrogens (tertiary/aromatic N) is 1. The summed E-state index contributed by atoms with van der Waals surface area (Å²) in [4.78, 5) is 28.6. The van der Waals surface area contributed by atoms with E-state index in [9.17, 15) is 35.1 Å². The van der Waals surface area contributed by atoms with Crippen LogP contribution in [0.25, 0.3) is 0 Å². The molecule has 0 radical (unpaired) electrons. The van der Waals surface area contributed by atoms with Crippen LogP contribution in [0.5, 0.6) is 5.75 Å². The fourth-order valence-electron chi connectivity index (χ4n) is 12.9. The SMILES string of the molecule is CC(C)[C@@H](C)[C@H]1O[C@H]1[C@](C)(O)[C@@H]1CC[C@]2(O)C3=CC(=O)[C@H]4[C@H]5CCC[C@]4(C[C@H](O)[C@@H]5O)[C@@H]3CC[C@]12CCc1cc(O)cc(N2CCCC2=O)c1. The van der Waals surface area contributed by atoms with Gasteiger partial charge in [-0.15, -0.1) is 0 Å². The molecule has 50 heavy (non-hydrogen) atoms. The number of hydrogen-bond acceptors (Lipinski definition) is 8. The van der Waals surface area contributed by atoms with E-state index in [1.807, 2.05) is 13.0 Å². The van der Waals surface area contributed by atoms with Crippen LogP contribution < -0.4 is 4.90 Å². The van der Waals surface area contributed by atoms with Crippen LogP contribution in [0.15, 0.2) is 29.8 Å². The van der Waals surface area contributed by atoms with Gasteiger partial charge in [0.2, 0.25) is 5.91 Å². The zero-order valence-corrected chi connectivity index (χ0v) is 30.2. The largest absolute Gasteiger partial charge is 0.508 e. The summed E-state index contributed by atoms with van der Waals surface area (Å²) in [5.74, 6) is -0.254. The summed E-state index contributed by atoms with van der Waals surface area (Å²) in [6, 6.07) is 5.35. The number of fused-ring (bicyclic) bond motifs is 3. The summed E-state index contributed by atoms with van der Waals surface area (Å²) in [5, 5.41) is 58.9. The fraction of sp³-hybridized carbons (Fsp3) is 0.756. The number of anilines is 1. The number of ketones is 1. The van der Waals surface area contributed by atoms with E-state index in [0.717, 1.165) is 43.2 Å². The Morgan fingerprint density at radius 3 is 2.54 bits per heavy atom. The zero-order valence-electron chi connectivity index (χ0n) is 30.2. The van der Waals surface area contributed by atoms with Crippen LogP contribution >= 0.6 is 0 Å². The number of phenols is 1. The van der Waals surface area contributed by atoms with Gasteiger partial charge in [-0.2, -0.15) is 0 Å². The van der Waals surface area contributed by atoms with Gasteiger partial charge >= 0.3 is 0 Å². The second-order valence-electron chi connectivity index (χ2n) is 18.1. The number of carbonyl (C=O) groups excluding carboxylic acids is 2. The van der Waals surface area contributed by atoms with E-state index in [4.69, 9.17) is 4.74 Å². The van der Waals surface area contributed by atoms with E-state index in [0.29, 0.717) is 63.1 Å². The van der Waals surface area contributed by atoms with Crippen molar-refractivity contribution in [1.82, 2.24) is 0 Å². The first-order valence-corrected chi connectivity index (χ1v) is 19.5. The van der Waals surface area contributed by atoms with E-state index in [1.165, 1.54) is 0 Å². The standard InChI is InChI=1S/C41H57NO8/c1-22(2)23(3)36-37(50-36)38(4,48)32-11-15-41(49)29-20-30(44)34-27-7-5-12-39(34,21-31(45)35(27)47)28(29)10-14-40(32,41)13-9-24-17-25(19-26(43)18-24)42-16-6-8-33(42)46/h17-20,22-23,27-28,31-32,34-37,43,45,47-49H,5-16,21H2,1-4H3/t23-,27-,28-,31+,32+,34-,35-,36-,37-,38-,39+,40-,41+/m1/s1. The minimum absolute atomic E-state index is 0.0319. The second-order valence-corrected chi connectivity index (χ2v) is 18.1. The zero-order chi connectivity index (χ0) is 35.5. The van der Waals surface area contributed by atoms with E-state index < -0.39 is 34.2 Å². The topological polar surface area (TPSA) is 151 Å². The molecule has 6 fully saturated rings. The van der Waals surface area contributed by atoms with Gasteiger partial charge < -0.3 is 35.2 Å². The highest BCUT2D eigenvalue weighted by atomic mass is 16.6. The maximum absolute atomic E-state index is 14.3. The molecular weight excluding hydrogens is 634 g/mol. The Bertz CT molecular complexity index is 1590. The molecule has 5 N–H and O–H groups in total. The first kappa shape index (κ1) is 34.8. The lowest BCUT2D eigenvalue weighted by atomic mass is 9.40. The van der Waals surface area contributed by atoms with Gasteiger partial charge in [0.05, 0.1) is 29.5 Å². The average Bonchev–Trinajstić information content (AvgIpc) is 3.67. The first-order valence-electron chi connectivity index (χ1n) is 19.5. The number of aliphatic hydroxyl groups excluding tert-OH is 2.